The lowest BCUT2D eigenvalue weighted by Gasteiger charge is -2.12. The molecule has 0 unspecified atom stereocenters. The highest BCUT2D eigenvalue weighted by atomic mass is 35.5. The number of hydrogen-bond donors (Lipinski definition) is 3. The Morgan fingerprint density at radius 1 is 1.22 bits per heavy atom. The zero-order chi connectivity index (χ0) is 25.4. The van der Waals surface area contributed by atoms with Crippen LogP contribution in [0.15, 0.2) is 53.5 Å². The highest BCUT2D eigenvalue weighted by molar-refractivity contribution is 6.21. The van der Waals surface area contributed by atoms with Crippen molar-refractivity contribution in [2.24, 2.45) is 12.8 Å². The van der Waals surface area contributed by atoms with Gasteiger partial charge in [0.1, 0.15) is 5.65 Å². The van der Waals surface area contributed by atoms with E-state index < -0.39 is 5.91 Å². The largest absolute Gasteiger partial charge is 0.403 e. The zero-order valence-corrected chi connectivity index (χ0v) is 19.9. The van der Waals surface area contributed by atoms with Crippen LogP contribution in [0.25, 0.3) is 33.6 Å². The number of amides is 2. The van der Waals surface area contributed by atoms with E-state index in [-0.39, 0.29) is 29.8 Å². The van der Waals surface area contributed by atoms with Gasteiger partial charge in [0.05, 0.1) is 18.2 Å². The molecule has 13 heteroatoms. The van der Waals surface area contributed by atoms with Crippen LogP contribution in [-0.2, 0) is 18.3 Å². The maximum Gasteiger partial charge on any atom is 0.320 e. The molecule has 0 bridgehead atoms. The molecule has 182 valence electrons. The monoisotopic (exact) mass is 505 g/mol. The molecule has 0 spiro atoms. The summed E-state index contributed by atoms with van der Waals surface area (Å²) in [4.78, 5) is 31.4. The van der Waals surface area contributed by atoms with Gasteiger partial charge < -0.3 is 20.5 Å². The van der Waals surface area contributed by atoms with Gasteiger partial charge in [-0.3, -0.25) is 18.7 Å². The first kappa shape index (κ1) is 23.1. The fraction of sp³-hybridized carbons (Fsp3) is 0.130. The summed E-state index contributed by atoms with van der Waals surface area (Å²) in [5.74, 6) is -0.725. The summed E-state index contributed by atoms with van der Waals surface area (Å²) in [6.45, 7) is 0. The van der Waals surface area contributed by atoms with E-state index in [9.17, 15) is 9.59 Å². The lowest BCUT2D eigenvalue weighted by Crippen LogP contribution is -2.20. The number of halogens is 1. The number of nitrogens with zero attached hydrogens (tertiary/aromatic N) is 6. The molecule has 0 aliphatic carbocycles. The number of pyridine rings is 1. The average molecular weight is 506 g/mol. The van der Waals surface area contributed by atoms with Crippen molar-refractivity contribution >= 4 is 46.3 Å². The zero-order valence-electron chi connectivity index (χ0n) is 19.2. The van der Waals surface area contributed by atoms with Crippen LogP contribution in [0.4, 0.5) is 11.7 Å². The van der Waals surface area contributed by atoms with Gasteiger partial charge in [-0.2, -0.15) is 5.10 Å². The maximum atomic E-state index is 12.2. The number of benzene rings is 1. The number of carbonyl (C=O) groups excluding carboxylic acids is 2. The average Bonchev–Trinajstić information content (AvgIpc) is 3.59. The van der Waals surface area contributed by atoms with E-state index >= 15 is 0 Å². The topological polar surface area (TPSA) is 161 Å². The number of hydrogen-bond acceptors (Lipinski definition) is 8. The van der Waals surface area contributed by atoms with E-state index in [0.717, 1.165) is 20.9 Å². The number of rotatable bonds is 7. The van der Waals surface area contributed by atoms with Crippen molar-refractivity contribution in [2.45, 2.75) is 6.42 Å². The fourth-order valence-corrected chi connectivity index (χ4v) is 3.75. The Morgan fingerprint density at radius 2 is 2.06 bits per heavy atom. The number of aryl methyl sites for hydroxylation is 1. The van der Waals surface area contributed by atoms with E-state index in [2.05, 4.69) is 30.6 Å². The Morgan fingerprint density at radius 3 is 2.78 bits per heavy atom. The van der Waals surface area contributed by atoms with Crippen LogP contribution in [0.2, 0.25) is 0 Å². The Kier molecular flexibility index (Phi) is 5.86. The van der Waals surface area contributed by atoms with Gasteiger partial charge in [-0.05, 0) is 29.8 Å². The van der Waals surface area contributed by atoms with Crippen molar-refractivity contribution in [1.29, 1.82) is 0 Å². The van der Waals surface area contributed by atoms with Crippen molar-refractivity contribution in [2.75, 3.05) is 12.4 Å². The van der Waals surface area contributed by atoms with E-state index in [0.29, 0.717) is 22.5 Å². The summed E-state index contributed by atoms with van der Waals surface area (Å²) < 4.78 is 8.52. The molecule has 0 radical (unpaired) electrons. The van der Waals surface area contributed by atoms with Crippen molar-refractivity contribution < 1.29 is 14.0 Å². The quantitative estimate of drug-likeness (QED) is 0.284. The number of carbonyl (C=O) groups is 2. The molecule has 1 aromatic carbocycles. The Labute approximate surface area is 209 Å². The third-order valence-corrected chi connectivity index (χ3v) is 5.73. The predicted molar refractivity (Wildman–Crippen MR) is 132 cm³/mol. The van der Waals surface area contributed by atoms with Crippen molar-refractivity contribution in [3.63, 3.8) is 0 Å². The lowest BCUT2D eigenvalue weighted by atomic mass is 10.0. The highest BCUT2D eigenvalue weighted by Crippen LogP contribution is 2.32. The second-order valence-electron chi connectivity index (χ2n) is 8.05. The third kappa shape index (κ3) is 4.49. The number of likely N-dealkylation sites (N-methyl/N-ethyl adjacent to an activating group) is 1. The standard InChI is InChI=1S/C23H20ClN9O3/c1-32-11-15(9-28-32)14-6-16-17(10-27-21(16)26-8-14)22-30-31-23(36-22)29-18-4-3-12(20(25)35)5-13(18)7-19(34)33(2)24/h3-6,8-11H,7H2,1-2H3,(H2,25,35)(H,26,27)(H,29,31). The predicted octanol–water partition coefficient (Wildman–Crippen LogP) is 3.01. The normalized spacial score (nSPS) is 11.1. The van der Waals surface area contributed by atoms with Crippen LogP contribution in [0.5, 0.6) is 0 Å². The lowest BCUT2D eigenvalue weighted by molar-refractivity contribution is -0.125. The first-order chi connectivity index (χ1) is 17.3. The minimum absolute atomic E-state index is 0.0737. The van der Waals surface area contributed by atoms with E-state index in [4.69, 9.17) is 21.9 Å². The molecule has 2 amide bonds. The Balaban J connectivity index is 1.46. The molecular formula is C23H20ClN9O3. The number of fused-ring (bicyclic) bond motifs is 1. The number of aromatic nitrogens is 6. The molecule has 5 aromatic rings. The minimum atomic E-state index is -0.617. The molecule has 4 aromatic heterocycles. The molecule has 0 aliphatic rings. The summed E-state index contributed by atoms with van der Waals surface area (Å²) in [6, 6.07) is 6.72. The van der Waals surface area contributed by atoms with Gasteiger partial charge in [-0.1, -0.05) is 5.10 Å². The number of nitrogens with one attached hydrogen (secondary N) is 2. The molecule has 0 atom stereocenters. The van der Waals surface area contributed by atoms with Gasteiger partial charge in [0.25, 0.3) is 5.89 Å². The molecule has 0 saturated carbocycles. The second kappa shape index (κ2) is 9.15. The summed E-state index contributed by atoms with van der Waals surface area (Å²) >= 11 is 5.77. The number of aromatic amines is 1. The van der Waals surface area contributed by atoms with E-state index in [1.165, 1.54) is 19.2 Å². The minimum Gasteiger partial charge on any atom is -0.403 e. The molecule has 4 N–H and O–H groups in total. The first-order valence-electron chi connectivity index (χ1n) is 10.7. The van der Waals surface area contributed by atoms with Crippen LogP contribution in [0, 0.1) is 0 Å². The summed E-state index contributed by atoms with van der Waals surface area (Å²) in [5.41, 5.74) is 9.78. The Bertz CT molecular complexity index is 1600. The number of anilines is 2. The van der Waals surface area contributed by atoms with Crippen molar-refractivity contribution in [3.05, 3.63) is 60.2 Å². The van der Waals surface area contributed by atoms with Gasteiger partial charge >= 0.3 is 6.01 Å². The smallest absolute Gasteiger partial charge is 0.320 e. The molecule has 0 aliphatic heterocycles. The van der Waals surface area contributed by atoms with Gasteiger partial charge in [0.15, 0.2) is 0 Å². The molecule has 36 heavy (non-hydrogen) atoms. The van der Waals surface area contributed by atoms with Gasteiger partial charge in [-0.15, -0.1) is 5.10 Å². The summed E-state index contributed by atoms with van der Waals surface area (Å²) in [7, 11) is 3.27. The molecular weight excluding hydrogens is 486 g/mol. The molecule has 4 heterocycles. The van der Waals surface area contributed by atoms with Crippen LogP contribution < -0.4 is 11.1 Å². The second-order valence-corrected chi connectivity index (χ2v) is 8.55. The number of primary amides is 1. The van der Waals surface area contributed by atoms with Crippen LogP contribution in [-0.4, -0.2) is 53.2 Å². The summed E-state index contributed by atoms with van der Waals surface area (Å²) in [5, 5.41) is 16.3. The number of H-pyrrole nitrogens is 1. The molecule has 0 saturated heterocycles. The van der Waals surface area contributed by atoms with Crippen molar-refractivity contribution in [3.8, 4) is 22.6 Å². The van der Waals surface area contributed by atoms with Gasteiger partial charge in [-0.25, -0.2) is 4.98 Å². The molecule has 12 nitrogen and oxygen atoms in total. The third-order valence-electron chi connectivity index (χ3n) is 5.54. The SMILES string of the molecule is CN(Cl)C(=O)Cc1cc(C(N)=O)ccc1Nc1nnc(-c2c[nH]c3ncc(-c4cnn(C)c4)cc23)o1. The van der Waals surface area contributed by atoms with Gasteiger partial charge in [0, 0.05) is 72.2 Å². The molecule has 5 rings (SSSR count). The van der Waals surface area contributed by atoms with E-state index in [1.807, 2.05) is 19.3 Å². The summed E-state index contributed by atoms with van der Waals surface area (Å²) in [6.07, 6.45) is 7.09. The van der Waals surface area contributed by atoms with Crippen LogP contribution in [0.1, 0.15) is 15.9 Å². The van der Waals surface area contributed by atoms with Crippen molar-refractivity contribution in [1.82, 2.24) is 34.4 Å². The van der Waals surface area contributed by atoms with Gasteiger partial charge in [0.2, 0.25) is 11.8 Å². The number of nitrogens with two attached hydrogens (primary N) is 1. The van der Waals surface area contributed by atoms with Crippen LogP contribution >= 0.6 is 11.8 Å². The Hall–Kier alpha value is -4.71. The maximum absolute atomic E-state index is 12.2. The fourth-order valence-electron chi connectivity index (χ4n) is 3.69. The van der Waals surface area contributed by atoms with Crippen LogP contribution in [0.3, 0.4) is 0 Å². The van der Waals surface area contributed by atoms with E-state index in [1.54, 1.807) is 29.3 Å². The molecule has 0 fully saturated rings. The first-order valence-corrected chi connectivity index (χ1v) is 11.0. The highest BCUT2D eigenvalue weighted by Gasteiger charge is 2.18.